The number of alkyl halides is 1. The first-order valence-corrected chi connectivity index (χ1v) is 3.59. The molecule has 0 aliphatic heterocycles. The molecule has 3 N–H and O–H groups in total. The Labute approximate surface area is 77.5 Å². The molecule has 12 heavy (non-hydrogen) atoms. The van der Waals surface area contributed by atoms with Gasteiger partial charge in [0.05, 0.1) is 6.67 Å². The first-order valence-electron chi connectivity index (χ1n) is 3.59. The Bertz CT molecular complexity index is 141. The van der Waals surface area contributed by atoms with Crippen molar-refractivity contribution in [3.05, 3.63) is 0 Å². The van der Waals surface area contributed by atoms with Gasteiger partial charge in [-0.2, -0.15) is 0 Å². The van der Waals surface area contributed by atoms with Gasteiger partial charge < -0.3 is 10.8 Å². The number of aliphatic carboxylic acids is 1. The first kappa shape index (κ1) is 14.2. The Morgan fingerprint density at radius 2 is 2.08 bits per heavy atom. The van der Waals surface area contributed by atoms with E-state index in [9.17, 15) is 9.18 Å². The molecule has 0 aliphatic carbocycles. The maximum absolute atomic E-state index is 11.6. The van der Waals surface area contributed by atoms with Crippen molar-refractivity contribution >= 4 is 18.4 Å². The minimum absolute atomic E-state index is 0. The van der Waals surface area contributed by atoms with E-state index < -0.39 is 18.2 Å². The van der Waals surface area contributed by atoms with Crippen LogP contribution in [0.2, 0.25) is 0 Å². The van der Waals surface area contributed by atoms with Crippen LogP contribution in [-0.4, -0.2) is 23.3 Å². The van der Waals surface area contributed by atoms with Crippen molar-refractivity contribution in [1.29, 1.82) is 0 Å². The summed E-state index contributed by atoms with van der Waals surface area (Å²) in [5.41, 5.74) is 4.18. The molecule has 0 spiro atoms. The van der Waals surface area contributed by atoms with Gasteiger partial charge in [0, 0.05) is 0 Å². The van der Waals surface area contributed by atoms with Crippen molar-refractivity contribution in [2.45, 2.75) is 31.7 Å². The predicted molar refractivity (Wildman–Crippen MR) is 47.3 cm³/mol. The van der Waals surface area contributed by atoms with Gasteiger partial charge in [0.15, 0.2) is 0 Å². The fraction of sp³-hybridized carbons (Fsp3) is 0.857. The topological polar surface area (TPSA) is 63.3 Å². The van der Waals surface area contributed by atoms with Gasteiger partial charge in [-0.1, -0.05) is 0 Å². The van der Waals surface area contributed by atoms with Crippen LogP contribution in [0, 0.1) is 0 Å². The smallest absolute Gasteiger partial charge is 0.323 e. The fourth-order valence-electron chi connectivity index (χ4n) is 0.694. The summed E-state index contributed by atoms with van der Waals surface area (Å²) in [6, 6.07) is 0. The molecule has 0 saturated carbocycles. The molecule has 0 bridgehead atoms. The van der Waals surface area contributed by atoms with Crippen molar-refractivity contribution in [3.8, 4) is 0 Å². The molecule has 1 atom stereocenters. The molecule has 74 valence electrons. The van der Waals surface area contributed by atoms with E-state index in [0.29, 0.717) is 19.3 Å². The summed E-state index contributed by atoms with van der Waals surface area (Å²) in [4.78, 5) is 10.4. The van der Waals surface area contributed by atoms with E-state index in [4.69, 9.17) is 10.8 Å². The summed E-state index contributed by atoms with van der Waals surface area (Å²) in [6.45, 7) is 1.03. The normalized spacial score (nSPS) is 14.6. The highest BCUT2D eigenvalue weighted by Gasteiger charge is 2.26. The number of carbonyl (C=O) groups is 1. The summed E-state index contributed by atoms with van der Waals surface area (Å²) < 4.78 is 11.6. The van der Waals surface area contributed by atoms with E-state index in [-0.39, 0.29) is 12.4 Å². The minimum atomic E-state index is -1.20. The molecule has 0 saturated heterocycles. The van der Waals surface area contributed by atoms with Crippen LogP contribution in [0.3, 0.4) is 0 Å². The molecule has 1 unspecified atom stereocenters. The summed E-state index contributed by atoms with van der Waals surface area (Å²) in [5.74, 6) is -1.03. The number of hydrogen-bond donors (Lipinski definition) is 2. The van der Waals surface area contributed by atoms with E-state index in [1.807, 2.05) is 0 Å². The standard InChI is InChI=1S/C7H14FNO2.ClH/c1-7(9,6(10)11)4-2-3-5-8;/h2-5,9H2,1H3,(H,10,11);1H. The lowest BCUT2D eigenvalue weighted by Crippen LogP contribution is -2.44. The fourth-order valence-corrected chi connectivity index (χ4v) is 0.694. The average Bonchev–Trinajstić information content (AvgIpc) is 1.88. The van der Waals surface area contributed by atoms with E-state index in [1.54, 1.807) is 0 Å². The first-order chi connectivity index (χ1) is 5.00. The lowest BCUT2D eigenvalue weighted by Gasteiger charge is -2.17. The van der Waals surface area contributed by atoms with Gasteiger partial charge in [-0.25, -0.2) is 0 Å². The molecule has 0 radical (unpaired) electrons. The van der Waals surface area contributed by atoms with Crippen LogP contribution in [0.15, 0.2) is 0 Å². The highest BCUT2D eigenvalue weighted by molar-refractivity contribution is 5.85. The van der Waals surface area contributed by atoms with Crippen LogP contribution < -0.4 is 5.73 Å². The third kappa shape index (κ3) is 5.32. The number of carboxylic acids is 1. The number of unbranched alkanes of at least 4 members (excludes halogenated alkanes) is 1. The number of hydrogen-bond acceptors (Lipinski definition) is 2. The highest BCUT2D eigenvalue weighted by atomic mass is 35.5. The summed E-state index contributed by atoms with van der Waals surface area (Å²) in [7, 11) is 0. The Morgan fingerprint density at radius 3 is 2.42 bits per heavy atom. The van der Waals surface area contributed by atoms with Crippen LogP contribution in [0.4, 0.5) is 4.39 Å². The zero-order valence-electron chi connectivity index (χ0n) is 7.05. The monoisotopic (exact) mass is 199 g/mol. The van der Waals surface area contributed by atoms with Crippen molar-refractivity contribution in [2.24, 2.45) is 5.73 Å². The van der Waals surface area contributed by atoms with E-state index in [0.717, 1.165) is 0 Å². The van der Waals surface area contributed by atoms with E-state index in [2.05, 4.69) is 0 Å². The van der Waals surface area contributed by atoms with Crippen molar-refractivity contribution in [2.75, 3.05) is 6.67 Å². The van der Waals surface area contributed by atoms with Crippen LogP contribution in [-0.2, 0) is 4.79 Å². The zero-order valence-corrected chi connectivity index (χ0v) is 7.86. The molecule has 0 heterocycles. The molecule has 5 heteroatoms. The SMILES string of the molecule is CC(N)(CCCCF)C(=O)O.Cl. The molecule has 0 rings (SSSR count). The van der Waals surface area contributed by atoms with Crippen LogP contribution in [0.1, 0.15) is 26.2 Å². The van der Waals surface area contributed by atoms with Crippen molar-refractivity contribution in [3.63, 3.8) is 0 Å². The second-order valence-corrected chi connectivity index (χ2v) is 2.87. The lowest BCUT2D eigenvalue weighted by atomic mass is 9.97. The van der Waals surface area contributed by atoms with E-state index in [1.165, 1.54) is 6.92 Å². The number of halogens is 2. The zero-order chi connectivity index (χ0) is 8.91. The number of nitrogens with two attached hydrogens (primary N) is 1. The molecule has 0 fully saturated rings. The maximum Gasteiger partial charge on any atom is 0.323 e. The van der Waals surface area contributed by atoms with Gasteiger partial charge in [0.1, 0.15) is 5.54 Å². The average molecular weight is 200 g/mol. The van der Waals surface area contributed by atoms with Gasteiger partial charge in [-0.15, -0.1) is 12.4 Å². The second kappa shape index (κ2) is 6.20. The van der Waals surface area contributed by atoms with Crippen LogP contribution >= 0.6 is 12.4 Å². The van der Waals surface area contributed by atoms with Gasteiger partial charge in [-0.3, -0.25) is 9.18 Å². The Kier molecular flexibility index (Phi) is 7.33. The van der Waals surface area contributed by atoms with Gasteiger partial charge >= 0.3 is 5.97 Å². The van der Waals surface area contributed by atoms with E-state index >= 15 is 0 Å². The molecule has 0 aromatic rings. The number of carboxylic acid groups (broad SMARTS) is 1. The molecular formula is C7H15ClFNO2. The third-order valence-electron chi connectivity index (χ3n) is 1.57. The molecule has 0 amide bonds. The van der Waals surface area contributed by atoms with Gasteiger partial charge in [0.25, 0.3) is 0 Å². The predicted octanol–water partition coefficient (Wildman–Crippen LogP) is 1.35. The van der Waals surface area contributed by atoms with Crippen molar-refractivity contribution in [1.82, 2.24) is 0 Å². The van der Waals surface area contributed by atoms with Crippen LogP contribution in [0.25, 0.3) is 0 Å². The number of rotatable bonds is 5. The second-order valence-electron chi connectivity index (χ2n) is 2.87. The Morgan fingerprint density at radius 1 is 1.58 bits per heavy atom. The minimum Gasteiger partial charge on any atom is -0.480 e. The quantitative estimate of drug-likeness (QED) is 0.657. The van der Waals surface area contributed by atoms with Gasteiger partial charge in [-0.05, 0) is 26.2 Å². The van der Waals surface area contributed by atoms with Crippen molar-refractivity contribution < 1.29 is 14.3 Å². The molecule has 3 nitrogen and oxygen atoms in total. The molecular weight excluding hydrogens is 185 g/mol. The summed E-state index contributed by atoms with van der Waals surface area (Å²) in [5, 5.41) is 8.52. The Hall–Kier alpha value is -0.350. The third-order valence-corrected chi connectivity index (χ3v) is 1.57. The largest absolute Gasteiger partial charge is 0.480 e. The lowest BCUT2D eigenvalue weighted by molar-refractivity contribution is -0.142. The van der Waals surface area contributed by atoms with Gasteiger partial charge in [0.2, 0.25) is 0 Å². The Balaban J connectivity index is 0. The molecule has 0 aliphatic rings. The maximum atomic E-state index is 11.6. The molecule has 0 aromatic carbocycles. The molecule has 0 aromatic heterocycles. The summed E-state index contributed by atoms with van der Waals surface area (Å²) in [6.07, 6.45) is 1.24. The highest BCUT2D eigenvalue weighted by Crippen LogP contribution is 2.10. The van der Waals surface area contributed by atoms with Crippen LogP contribution in [0.5, 0.6) is 0 Å². The summed E-state index contributed by atoms with van der Waals surface area (Å²) >= 11 is 0.